The van der Waals surface area contributed by atoms with E-state index in [1.165, 1.54) is 12.5 Å². The van der Waals surface area contributed by atoms with E-state index in [9.17, 15) is 9.59 Å². The molecule has 1 rings (SSSR count). The summed E-state index contributed by atoms with van der Waals surface area (Å²) in [5.74, 6) is -1.27. The van der Waals surface area contributed by atoms with E-state index in [-0.39, 0.29) is 11.6 Å². The zero-order chi connectivity index (χ0) is 12.8. The van der Waals surface area contributed by atoms with Crippen LogP contribution in [0, 0.1) is 0 Å². The molecule has 0 saturated carbocycles. The average Bonchev–Trinajstić information content (AvgIpc) is 2.76. The molecule has 7 heteroatoms. The van der Waals surface area contributed by atoms with Crippen molar-refractivity contribution in [1.29, 1.82) is 0 Å². The number of carboxylic acid groups (broad SMARTS) is 1. The van der Waals surface area contributed by atoms with Crippen LogP contribution in [0.15, 0.2) is 12.5 Å². The van der Waals surface area contributed by atoms with E-state index in [0.717, 1.165) is 0 Å². The Labute approximate surface area is 98.6 Å². The number of imidazole rings is 1. The molecule has 1 aromatic heterocycles. The first-order valence-electron chi connectivity index (χ1n) is 5.33. The molecule has 1 atom stereocenters. The highest BCUT2D eigenvalue weighted by Gasteiger charge is 2.10. The molecule has 7 nitrogen and oxygen atoms in total. The molecule has 0 aliphatic heterocycles. The summed E-state index contributed by atoms with van der Waals surface area (Å²) in [5.41, 5.74) is 5.52. The fourth-order valence-electron chi connectivity index (χ4n) is 1.22. The van der Waals surface area contributed by atoms with Gasteiger partial charge in [0.25, 0.3) is 0 Å². The van der Waals surface area contributed by atoms with E-state index < -0.39 is 12.0 Å². The highest BCUT2D eigenvalue weighted by atomic mass is 16.4. The number of aromatic carboxylic acids is 1. The second-order valence-electron chi connectivity index (χ2n) is 3.61. The summed E-state index contributed by atoms with van der Waals surface area (Å²) >= 11 is 0. The Hall–Kier alpha value is -1.89. The van der Waals surface area contributed by atoms with Crippen LogP contribution < -0.4 is 11.1 Å². The second-order valence-corrected chi connectivity index (χ2v) is 3.61. The smallest absolute Gasteiger partial charge is 0.356 e. The number of hydrogen-bond acceptors (Lipinski definition) is 4. The van der Waals surface area contributed by atoms with Crippen molar-refractivity contribution >= 4 is 11.9 Å². The Balaban J connectivity index is 2.35. The van der Waals surface area contributed by atoms with Crippen LogP contribution >= 0.6 is 0 Å². The number of carboxylic acids is 1. The van der Waals surface area contributed by atoms with Gasteiger partial charge in [-0.3, -0.25) is 4.79 Å². The molecule has 0 fully saturated rings. The molecule has 1 heterocycles. The number of amides is 1. The van der Waals surface area contributed by atoms with Gasteiger partial charge in [-0.15, -0.1) is 0 Å². The molecule has 0 aliphatic carbocycles. The van der Waals surface area contributed by atoms with Crippen LogP contribution in [0.5, 0.6) is 0 Å². The van der Waals surface area contributed by atoms with Crippen molar-refractivity contribution in [2.45, 2.75) is 25.9 Å². The maximum Gasteiger partial charge on any atom is 0.356 e. The van der Waals surface area contributed by atoms with Crippen molar-refractivity contribution < 1.29 is 14.7 Å². The predicted octanol–water partition coefficient (Wildman–Crippen LogP) is -0.565. The maximum absolute atomic E-state index is 11.3. The molecule has 0 unspecified atom stereocenters. The SMILES string of the molecule is CC[C@H](N)C(=O)NCCn1cnc(C(=O)O)c1. The van der Waals surface area contributed by atoms with Crippen LogP contribution in [0.4, 0.5) is 0 Å². The number of carbonyl (C=O) groups excluding carboxylic acids is 1. The van der Waals surface area contributed by atoms with Gasteiger partial charge in [-0.2, -0.15) is 0 Å². The zero-order valence-electron chi connectivity index (χ0n) is 9.59. The zero-order valence-corrected chi connectivity index (χ0v) is 9.59. The number of rotatable bonds is 6. The summed E-state index contributed by atoms with van der Waals surface area (Å²) in [6, 6.07) is -0.493. The van der Waals surface area contributed by atoms with Gasteiger partial charge >= 0.3 is 5.97 Å². The fourth-order valence-corrected chi connectivity index (χ4v) is 1.22. The number of nitrogens with two attached hydrogens (primary N) is 1. The lowest BCUT2D eigenvalue weighted by Gasteiger charge is -2.09. The Morgan fingerprint density at radius 2 is 2.35 bits per heavy atom. The monoisotopic (exact) mass is 240 g/mol. The lowest BCUT2D eigenvalue weighted by Crippen LogP contribution is -2.41. The highest BCUT2D eigenvalue weighted by Crippen LogP contribution is 1.95. The second kappa shape index (κ2) is 6.00. The third-order valence-electron chi connectivity index (χ3n) is 2.30. The topological polar surface area (TPSA) is 110 Å². The first-order valence-corrected chi connectivity index (χ1v) is 5.33. The number of aromatic nitrogens is 2. The third-order valence-corrected chi connectivity index (χ3v) is 2.30. The normalized spacial score (nSPS) is 12.1. The van der Waals surface area contributed by atoms with Crippen molar-refractivity contribution in [2.24, 2.45) is 5.73 Å². The standard InChI is InChI=1S/C10H16N4O3/c1-2-7(11)9(15)12-3-4-14-5-8(10(16)17)13-6-14/h5-7H,2-4,11H2,1H3,(H,12,15)(H,16,17)/t7-/m0/s1. The Morgan fingerprint density at radius 3 is 2.88 bits per heavy atom. The maximum atomic E-state index is 11.3. The lowest BCUT2D eigenvalue weighted by atomic mass is 10.2. The molecule has 0 radical (unpaired) electrons. The summed E-state index contributed by atoms with van der Waals surface area (Å²) < 4.78 is 1.60. The van der Waals surface area contributed by atoms with Crippen molar-refractivity contribution in [1.82, 2.24) is 14.9 Å². The molecule has 0 aliphatic rings. The molecular weight excluding hydrogens is 224 g/mol. The Bertz CT molecular complexity index is 402. The van der Waals surface area contributed by atoms with Gasteiger partial charge in [-0.05, 0) is 6.42 Å². The Kier molecular flexibility index (Phi) is 4.65. The molecule has 1 aromatic rings. The largest absolute Gasteiger partial charge is 0.476 e. The molecule has 0 spiro atoms. The quantitative estimate of drug-likeness (QED) is 0.617. The number of nitrogens with zero attached hydrogens (tertiary/aromatic N) is 2. The Morgan fingerprint density at radius 1 is 1.65 bits per heavy atom. The lowest BCUT2D eigenvalue weighted by molar-refractivity contribution is -0.122. The van der Waals surface area contributed by atoms with E-state index in [1.807, 2.05) is 6.92 Å². The molecule has 4 N–H and O–H groups in total. The number of carbonyl (C=O) groups is 2. The van der Waals surface area contributed by atoms with Gasteiger partial charge in [0.1, 0.15) is 0 Å². The molecule has 0 aromatic carbocycles. The van der Waals surface area contributed by atoms with Crippen LogP contribution in [0.25, 0.3) is 0 Å². The van der Waals surface area contributed by atoms with Crippen molar-refractivity contribution in [3.63, 3.8) is 0 Å². The minimum absolute atomic E-state index is 0.0124. The van der Waals surface area contributed by atoms with Gasteiger partial charge in [0, 0.05) is 19.3 Å². The van der Waals surface area contributed by atoms with Crippen molar-refractivity contribution in [2.75, 3.05) is 6.54 Å². The molecule has 1 amide bonds. The van der Waals surface area contributed by atoms with Crippen molar-refractivity contribution in [3.05, 3.63) is 18.2 Å². The summed E-state index contributed by atoms with van der Waals surface area (Å²) in [5, 5.41) is 11.3. The minimum atomic E-state index is -1.07. The van der Waals surface area contributed by atoms with E-state index in [4.69, 9.17) is 10.8 Å². The molecule has 0 saturated heterocycles. The molecule has 0 bridgehead atoms. The van der Waals surface area contributed by atoms with Crippen LogP contribution in [0.2, 0.25) is 0 Å². The average molecular weight is 240 g/mol. The van der Waals surface area contributed by atoms with E-state index in [2.05, 4.69) is 10.3 Å². The van der Waals surface area contributed by atoms with E-state index in [0.29, 0.717) is 19.5 Å². The van der Waals surface area contributed by atoms with Crippen LogP contribution in [-0.4, -0.2) is 39.1 Å². The van der Waals surface area contributed by atoms with Gasteiger partial charge in [0.2, 0.25) is 5.91 Å². The van der Waals surface area contributed by atoms with Crippen LogP contribution in [0.3, 0.4) is 0 Å². The molecule has 94 valence electrons. The number of hydrogen-bond donors (Lipinski definition) is 3. The minimum Gasteiger partial charge on any atom is -0.476 e. The van der Waals surface area contributed by atoms with Gasteiger partial charge in [-0.25, -0.2) is 9.78 Å². The fraction of sp³-hybridized carbons (Fsp3) is 0.500. The first kappa shape index (κ1) is 13.2. The summed E-state index contributed by atoms with van der Waals surface area (Å²) in [4.78, 5) is 25.6. The van der Waals surface area contributed by atoms with Crippen LogP contribution in [-0.2, 0) is 11.3 Å². The third kappa shape index (κ3) is 3.87. The van der Waals surface area contributed by atoms with Gasteiger partial charge < -0.3 is 20.7 Å². The van der Waals surface area contributed by atoms with Gasteiger partial charge in [0.15, 0.2) is 5.69 Å². The van der Waals surface area contributed by atoms with E-state index in [1.54, 1.807) is 4.57 Å². The highest BCUT2D eigenvalue weighted by molar-refractivity contribution is 5.84. The van der Waals surface area contributed by atoms with Crippen LogP contribution in [0.1, 0.15) is 23.8 Å². The van der Waals surface area contributed by atoms with Gasteiger partial charge in [-0.1, -0.05) is 6.92 Å². The molecular formula is C10H16N4O3. The van der Waals surface area contributed by atoms with Crippen molar-refractivity contribution in [3.8, 4) is 0 Å². The summed E-state index contributed by atoms with van der Waals surface area (Å²) in [7, 11) is 0. The van der Waals surface area contributed by atoms with Gasteiger partial charge in [0.05, 0.1) is 12.4 Å². The molecule has 17 heavy (non-hydrogen) atoms. The number of nitrogens with one attached hydrogen (secondary N) is 1. The van der Waals surface area contributed by atoms with E-state index >= 15 is 0 Å². The summed E-state index contributed by atoms with van der Waals surface area (Å²) in [6.45, 7) is 2.68. The first-order chi connectivity index (χ1) is 8.04. The predicted molar refractivity (Wildman–Crippen MR) is 60.5 cm³/mol. The summed E-state index contributed by atoms with van der Waals surface area (Å²) in [6.07, 6.45) is 3.41.